The third-order valence-corrected chi connectivity index (χ3v) is 4.43. The molecule has 3 rings (SSSR count). The van der Waals surface area contributed by atoms with E-state index >= 15 is 0 Å². The Labute approximate surface area is 151 Å². The van der Waals surface area contributed by atoms with Gasteiger partial charge in [0.1, 0.15) is 5.76 Å². The number of carboxylic acids is 1. The van der Waals surface area contributed by atoms with Crippen LogP contribution in [0.2, 0.25) is 0 Å². The first-order valence-corrected chi connectivity index (χ1v) is 8.21. The second-order valence-corrected chi connectivity index (χ2v) is 5.90. The number of aromatic carboxylic acids is 1. The van der Waals surface area contributed by atoms with E-state index in [1.54, 1.807) is 39.5 Å². The van der Waals surface area contributed by atoms with Crippen LogP contribution in [0.4, 0.5) is 0 Å². The number of hydrogen-bond donors (Lipinski definition) is 0. The second-order valence-electron chi connectivity index (χ2n) is 5.90. The number of aryl methyl sites for hydroxylation is 2. The molecule has 0 N–H and O–H groups in total. The number of carbonyl (C=O) groups is 1. The number of carboxylic acid groups (broad SMARTS) is 1. The zero-order valence-corrected chi connectivity index (χ0v) is 14.9. The monoisotopic (exact) mass is 354 g/mol. The number of methoxy groups -OCH3 is 2. The van der Waals surface area contributed by atoms with Gasteiger partial charge in [0.05, 0.1) is 26.5 Å². The quantitative estimate of drug-likeness (QED) is 0.652. The molecule has 0 unspecified atom stereocenters. The number of benzene rings is 1. The van der Waals surface area contributed by atoms with Crippen molar-refractivity contribution in [3.63, 3.8) is 0 Å². The maximum absolute atomic E-state index is 11.6. The lowest BCUT2D eigenvalue weighted by atomic mass is 10.1. The van der Waals surface area contributed by atoms with Crippen molar-refractivity contribution in [2.45, 2.75) is 19.9 Å². The van der Waals surface area contributed by atoms with Crippen LogP contribution in [0.3, 0.4) is 0 Å². The minimum absolute atomic E-state index is 0.160. The molecule has 0 saturated carbocycles. The fourth-order valence-corrected chi connectivity index (χ4v) is 3.05. The minimum Gasteiger partial charge on any atom is -0.545 e. The van der Waals surface area contributed by atoms with Crippen LogP contribution in [0.1, 0.15) is 21.6 Å². The Morgan fingerprint density at radius 1 is 1.19 bits per heavy atom. The van der Waals surface area contributed by atoms with Crippen LogP contribution < -0.4 is 14.6 Å². The van der Waals surface area contributed by atoms with Gasteiger partial charge in [0.2, 0.25) is 0 Å². The van der Waals surface area contributed by atoms with Gasteiger partial charge >= 0.3 is 0 Å². The van der Waals surface area contributed by atoms with E-state index in [0.29, 0.717) is 41.5 Å². The molecule has 0 aliphatic rings. The number of nitrogens with zero attached hydrogens (tertiary/aromatic N) is 1. The van der Waals surface area contributed by atoms with Gasteiger partial charge in [0.25, 0.3) is 0 Å². The molecule has 0 spiro atoms. The first-order chi connectivity index (χ1) is 12.5. The summed E-state index contributed by atoms with van der Waals surface area (Å²) in [5, 5.41) is 11.6. The molecule has 0 radical (unpaired) electrons. The zero-order valence-electron chi connectivity index (χ0n) is 14.9. The Balaban J connectivity index is 1.87. The molecule has 0 saturated heterocycles. The van der Waals surface area contributed by atoms with Crippen molar-refractivity contribution in [3.05, 3.63) is 59.6 Å². The van der Waals surface area contributed by atoms with Crippen molar-refractivity contribution in [3.8, 4) is 22.8 Å². The Morgan fingerprint density at radius 3 is 2.58 bits per heavy atom. The summed E-state index contributed by atoms with van der Waals surface area (Å²) in [5.74, 6) is 0.643. The number of furan rings is 1. The highest BCUT2D eigenvalue weighted by molar-refractivity contribution is 5.95. The van der Waals surface area contributed by atoms with E-state index < -0.39 is 5.97 Å². The summed E-state index contributed by atoms with van der Waals surface area (Å²) in [6.07, 6.45) is 4.02. The van der Waals surface area contributed by atoms with Crippen LogP contribution in [0.25, 0.3) is 11.3 Å². The lowest BCUT2D eigenvalue weighted by Crippen LogP contribution is -2.23. The van der Waals surface area contributed by atoms with Crippen LogP contribution in [0, 0.1) is 6.92 Å². The van der Waals surface area contributed by atoms with E-state index in [1.807, 2.05) is 22.8 Å². The number of hydrogen-bond acceptors (Lipinski definition) is 5. The molecule has 0 aliphatic carbocycles. The molecule has 2 heterocycles. The first kappa shape index (κ1) is 17.7. The molecule has 136 valence electrons. The van der Waals surface area contributed by atoms with Crippen LogP contribution in [-0.4, -0.2) is 24.8 Å². The lowest BCUT2D eigenvalue weighted by molar-refractivity contribution is -0.255. The molecule has 3 aromatic rings. The van der Waals surface area contributed by atoms with Crippen LogP contribution in [-0.2, 0) is 13.0 Å². The summed E-state index contributed by atoms with van der Waals surface area (Å²) < 4.78 is 17.8. The molecule has 26 heavy (non-hydrogen) atoms. The Kier molecular flexibility index (Phi) is 5.02. The maximum atomic E-state index is 11.6. The van der Waals surface area contributed by atoms with Crippen molar-refractivity contribution in [2.24, 2.45) is 0 Å². The first-order valence-electron chi connectivity index (χ1n) is 8.21. The molecule has 1 aromatic carbocycles. The van der Waals surface area contributed by atoms with Crippen molar-refractivity contribution >= 4 is 5.97 Å². The zero-order chi connectivity index (χ0) is 18.7. The molecule has 2 aromatic heterocycles. The van der Waals surface area contributed by atoms with Crippen molar-refractivity contribution in [2.75, 3.05) is 14.2 Å². The number of aromatic nitrogens is 1. The summed E-state index contributed by atoms with van der Waals surface area (Å²) in [6.45, 7) is 2.38. The van der Waals surface area contributed by atoms with Gasteiger partial charge in [-0.3, -0.25) is 0 Å². The van der Waals surface area contributed by atoms with Crippen LogP contribution in [0.15, 0.2) is 47.2 Å². The van der Waals surface area contributed by atoms with Gasteiger partial charge in [0, 0.05) is 29.6 Å². The SMILES string of the molecule is COc1ccc(CCn2cc(-c3ccco3)c(C(=O)[O-])c2C)cc1OC. The van der Waals surface area contributed by atoms with Gasteiger partial charge in [0.15, 0.2) is 11.5 Å². The molecule has 0 atom stereocenters. The molecule has 0 fully saturated rings. The maximum Gasteiger partial charge on any atom is 0.160 e. The molecule has 0 bridgehead atoms. The molecular formula is C20H20NO5-. The van der Waals surface area contributed by atoms with Gasteiger partial charge in [-0.25, -0.2) is 0 Å². The number of rotatable bonds is 7. The minimum atomic E-state index is -1.21. The van der Waals surface area contributed by atoms with E-state index in [1.165, 1.54) is 6.26 Å². The van der Waals surface area contributed by atoms with Crippen LogP contribution in [0.5, 0.6) is 11.5 Å². The highest BCUT2D eigenvalue weighted by atomic mass is 16.5. The summed E-state index contributed by atoms with van der Waals surface area (Å²) in [6, 6.07) is 9.21. The molecule has 6 heteroatoms. The predicted octanol–water partition coefficient (Wildman–Crippen LogP) is 2.68. The fraction of sp³-hybridized carbons (Fsp3) is 0.250. The number of carbonyl (C=O) groups excluding carboxylic acids is 1. The Bertz CT molecular complexity index is 909. The third kappa shape index (κ3) is 3.31. The molecule has 6 nitrogen and oxygen atoms in total. The van der Waals surface area contributed by atoms with Crippen LogP contribution >= 0.6 is 0 Å². The summed E-state index contributed by atoms with van der Waals surface area (Å²) in [7, 11) is 3.19. The topological polar surface area (TPSA) is 76.7 Å². The smallest absolute Gasteiger partial charge is 0.160 e. The summed E-state index contributed by atoms with van der Waals surface area (Å²) in [5.41, 5.74) is 2.38. The second kappa shape index (κ2) is 7.39. The lowest BCUT2D eigenvalue weighted by Gasteiger charge is -2.11. The van der Waals surface area contributed by atoms with Gasteiger partial charge < -0.3 is 28.4 Å². The largest absolute Gasteiger partial charge is 0.545 e. The fourth-order valence-electron chi connectivity index (χ4n) is 3.05. The van der Waals surface area contributed by atoms with Gasteiger partial charge in [-0.1, -0.05) is 6.07 Å². The van der Waals surface area contributed by atoms with Gasteiger partial charge in [-0.05, 0) is 43.2 Å². The van der Waals surface area contributed by atoms with Gasteiger partial charge in [-0.2, -0.15) is 0 Å². The Hall–Kier alpha value is -3.15. The van der Waals surface area contributed by atoms with Crippen molar-refractivity contribution in [1.29, 1.82) is 0 Å². The standard InChI is InChI=1S/C20H21NO5/c1-13-19(20(22)23)15(16-5-4-10-26-16)12-21(13)9-8-14-6-7-17(24-2)18(11-14)25-3/h4-7,10-12H,8-9H2,1-3H3,(H,22,23)/p-1. The van der Waals surface area contributed by atoms with E-state index in [9.17, 15) is 9.90 Å². The molecular weight excluding hydrogens is 334 g/mol. The Morgan fingerprint density at radius 2 is 1.96 bits per heavy atom. The van der Waals surface area contributed by atoms with Gasteiger partial charge in [-0.15, -0.1) is 0 Å². The summed E-state index contributed by atoms with van der Waals surface area (Å²) in [4.78, 5) is 11.6. The van der Waals surface area contributed by atoms with E-state index in [-0.39, 0.29) is 5.56 Å². The van der Waals surface area contributed by atoms with Crippen molar-refractivity contribution in [1.82, 2.24) is 4.57 Å². The van der Waals surface area contributed by atoms with Crippen molar-refractivity contribution < 1.29 is 23.8 Å². The normalized spacial score (nSPS) is 10.7. The van der Waals surface area contributed by atoms with E-state index in [2.05, 4.69) is 0 Å². The predicted molar refractivity (Wildman–Crippen MR) is 94.5 cm³/mol. The average Bonchev–Trinajstić information content (AvgIpc) is 3.27. The van der Waals surface area contributed by atoms with E-state index in [4.69, 9.17) is 13.9 Å². The van der Waals surface area contributed by atoms with E-state index in [0.717, 1.165) is 5.56 Å². The summed E-state index contributed by atoms with van der Waals surface area (Å²) >= 11 is 0. The number of ether oxygens (including phenoxy) is 2. The average molecular weight is 354 g/mol. The highest BCUT2D eigenvalue weighted by Crippen LogP contribution is 2.30. The molecule has 0 amide bonds. The third-order valence-electron chi connectivity index (χ3n) is 4.43. The molecule has 0 aliphatic heterocycles. The highest BCUT2D eigenvalue weighted by Gasteiger charge is 2.17.